The Balaban J connectivity index is 2.71. The lowest BCUT2D eigenvalue weighted by atomic mass is 9.83. The summed E-state index contributed by atoms with van der Waals surface area (Å²) in [7, 11) is 1.72. The lowest BCUT2D eigenvalue weighted by Crippen LogP contribution is -2.32. The van der Waals surface area contributed by atoms with Gasteiger partial charge in [-0.15, -0.1) is 0 Å². The first-order valence-electron chi connectivity index (χ1n) is 7.13. The average Bonchev–Trinajstić information content (AvgIpc) is 2.48. The first-order valence-corrected chi connectivity index (χ1v) is 7.13. The standard InChI is InChI=1S/C16H27NO2/c1-4-16(5-2,13-18)12-17-15-9-7-6-8-14(15)10-11-19-3/h6-9,17-18H,4-5,10-13H2,1-3H3. The maximum Gasteiger partial charge on any atom is 0.0504 e. The number of hydrogen-bond donors (Lipinski definition) is 2. The van der Waals surface area contributed by atoms with Crippen molar-refractivity contribution in [2.24, 2.45) is 5.41 Å². The van der Waals surface area contributed by atoms with E-state index in [0.717, 1.165) is 38.1 Å². The highest BCUT2D eigenvalue weighted by Gasteiger charge is 2.25. The minimum atomic E-state index is -0.0195. The molecular weight excluding hydrogens is 238 g/mol. The molecule has 1 aromatic carbocycles. The van der Waals surface area contributed by atoms with Gasteiger partial charge in [0.2, 0.25) is 0 Å². The topological polar surface area (TPSA) is 41.5 Å². The summed E-state index contributed by atoms with van der Waals surface area (Å²) in [6, 6.07) is 8.31. The first-order chi connectivity index (χ1) is 9.21. The highest BCUT2D eigenvalue weighted by atomic mass is 16.5. The number of benzene rings is 1. The second-order valence-electron chi connectivity index (χ2n) is 5.12. The van der Waals surface area contributed by atoms with E-state index in [1.165, 1.54) is 5.56 Å². The zero-order chi connectivity index (χ0) is 14.1. The maximum absolute atomic E-state index is 9.61. The normalized spacial score (nSPS) is 11.6. The summed E-state index contributed by atoms with van der Waals surface area (Å²) in [6.07, 6.45) is 2.87. The second-order valence-corrected chi connectivity index (χ2v) is 5.12. The average molecular weight is 265 g/mol. The van der Waals surface area contributed by atoms with E-state index in [2.05, 4.69) is 37.4 Å². The third-order valence-electron chi connectivity index (χ3n) is 4.08. The van der Waals surface area contributed by atoms with Crippen LogP contribution in [0.15, 0.2) is 24.3 Å². The van der Waals surface area contributed by atoms with Crippen molar-refractivity contribution < 1.29 is 9.84 Å². The highest BCUT2D eigenvalue weighted by Crippen LogP contribution is 2.27. The molecule has 0 aromatic heterocycles. The molecule has 0 aliphatic heterocycles. The molecule has 19 heavy (non-hydrogen) atoms. The summed E-state index contributed by atoms with van der Waals surface area (Å²) in [5, 5.41) is 13.1. The molecule has 0 atom stereocenters. The number of anilines is 1. The molecule has 1 rings (SSSR count). The van der Waals surface area contributed by atoms with Crippen molar-refractivity contribution in [1.82, 2.24) is 0 Å². The van der Waals surface area contributed by atoms with E-state index >= 15 is 0 Å². The Morgan fingerprint density at radius 2 is 1.89 bits per heavy atom. The lowest BCUT2D eigenvalue weighted by Gasteiger charge is -2.30. The molecule has 0 radical (unpaired) electrons. The quantitative estimate of drug-likeness (QED) is 0.721. The van der Waals surface area contributed by atoms with E-state index in [1.807, 2.05) is 6.07 Å². The van der Waals surface area contributed by atoms with Crippen LogP contribution in [0.4, 0.5) is 5.69 Å². The van der Waals surface area contributed by atoms with Crippen LogP contribution in [0.1, 0.15) is 32.3 Å². The third kappa shape index (κ3) is 4.51. The maximum atomic E-state index is 9.61. The van der Waals surface area contributed by atoms with Crippen molar-refractivity contribution in [2.75, 3.05) is 32.2 Å². The fraction of sp³-hybridized carbons (Fsp3) is 0.625. The molecule has 0 spiro atoms. The summed E-state index contributed by atoms with van der Waals surface area (Å²) in [4.78, 5) is 0. The Morgan fingerprint density at radius 1 is 1.21 bits per heavy atom. The van der Waals surface area contributed by atoms with Gasteiger partial charge in [-0.05, 0) is 30.9 Å². The number of nitrogens with one attached hydrogen (secondary N) is 1. The van der Waals surface area contributed by atoms with Gasteiger partial charge in [0.1, 0.15) is 0 Å². The molecule has 0 fully saturated rings. The predicted octanol–water partition coefficient (Wildman–Crippen LogP) is 3.09. The molecule has 0 unspecified atom stereocenters. The van der Waals surface area contributed by atoms with Gasteiger partial charge in [0.05, 0.1) is 13.2 Å². The van der Waals surface area contributed by atoms with Crippen LogP contribution >= 0.6 is 0 Å². The number of aliphatic hydroxyl groups excluding tert-OH is 1. The Bertz CT molecular complexity index is 353. The Kier molecular flexibility index (Phi) is 6.89. The van der Waals surface area contributed by atoms with Gasteiger partial charge in [-0.1, -0.05) is 32.0 Å². The molecule has 2 N–H and O–H groups in total. The van der Waals surface area contributed by atoms with Crippen molar-refractivity contribution in [3.8, 4) is 0 Å². The minimum Gasteiger partial charge on any atom is -0.396 e. The predicted molar refractivity (Wildman–Crippen MR) is 80.6 cm³/mol. The van der Waals surface area contributed by atoms with Crippen molar-refractivity contribution >= 4 is 5.69 Å². The zero-order valence-corrected chi connectivity index (χ0v) is 12.4. The summed E-state index contributed by atoms with van der Waals surface area (Å²) in [5.41, 5.74) is 2.40. The molecule has 0 amide bonds. The summed E-state index contributed by atoms with van der Waals surface area (Å²) in [5.74, 6) is 0. The number of hydrogen-bond acceptors (Lipinski definition) is 3. The summed E-state index contributed by atoms with van der Waals surface area (Å²) >= 11 is 0. The molecule has 0 bridgehead atoms. The van der Waals surface area contributed by atoms with Crippen molar-refractivity contribution in [3.63, 3.8) is 0 Å². The molecule has 0 aliphatic carbocycles. The van der Waals surface area contributed by atoms with Gasteiger partial charge < -0.3 is 15.2 Å². The monoisotopic (exact) mass is 265 g/mol. The number of methoxy groups -OCH3 is 1. The molecule has 108 valence electrons. The van der Waals surface area contributed by atoms with E-state index in [1.54, 1.807) is 7.11 Å². The molecule has 3 heteroatoms. The van der Waals surface area contributed by atoms with Crippen LogP contribution in [0.3, 0.4) is 0 Å². The number of para-hydroxylation sites is 1. The Morgan fingerprint density at radius 3 is 2.47 bits per heavy atom. The molecular formula is C16H27NO2. The fourth-order valence-corrected chi connectivity index (χ4v) is 2.19. The molecule has 0 saturated heterocycles. The minimum absolute atomic E-state index is 0.0195. The molecule has 0 heterocycles. The molecule has 3 nitrogen and oxygen atoms in total. The van der Waals surface area contributed by atoms with Gasteiger partial charge in [0.15, 0.2) is 0 Å². The van der Waals surface area contributed by atoms with Gasteiger partial charge in [0, 0.05) is 24.8 Å². The van der Waals surface area contributed by atoms with Crippen LogP contribution in [0.2, 0.25) is 0 Å². The Labute approximate surface area is 117 Å². The van der Waals surface area contributed by atoms with Crippen LogP contribution in [0.5, 0.6) is 0 Å². The van der Waals surface area contributed by atoms with Crippen LogP contribution in [-0.2, 0) is 11.2 Å². The first kappa shape index (κ1) is 16.0. The van der Waals surface area contributed by atoms with Gasteiger partial charge in [-0.2, -0.15) is 0 Å². The van der Waals surface area contributed by atoms with Crippen molar-refractivity contribution in [2.45, 2.75) is 33.1 Å². The van der Waals surface area contributed by atoms with Crippen LogP contribution in [0, 0.1) is 5.41 Å². The van der Waals surface area contributed by atoms with E-state index in [4.69, 9.17) is 4.74 Å². The number of ether oxygens (including phenoxy) is 1. The van der Waals surface area contributed by atoms with E-state index in [0.29, 0.717) is 0 Å². The lowest BCUT2D eigenvalue weighted by molar-refractivity contribution is 0.127. The third-order valence-corrected chi connectivity index (χ3v) is 4.08. The van der Waals surface area contributed by atoms with Gasteiger partial charge in [-0.3, -0.25) is 0 Å². The van der Waals surface area contributed by atoms with Gasteiger partial charge in [0.25, 0.3) is 0 Å². The summed E-state index contributed by atoms with van der Waals surface area (Å²) < 4.78 is 5.14. The van der Waals surface area contributed by atoms with E-state index < -0.39 is 0 Å². The van der Waals surface area contributed by atoms with Gasteiger partial charge >= 0.3 is 0 Å². The molecule has 1 aromatic rings. The SMILES string of the molecule is CCC(CC)(CO)CNc1ccccc1CCOC. The molecule has 0 aliphatic rings. The number of aliphatic hydroxyl groups is 1. The molecule has 0 saturated carbocycles. The highest BCUT2D eigenvalue weighted by molar-refractivity contribution is 5.51. The van der Waals surface area contributed by atoms with E-state index in [-0.39, 0.29) is 12.0 Å². The second kappa shape index (κ2) is 8.18. The van der Waals surface area contributed by atoms with Gasteiger partial charge in [-0.25, -0.2) is 0 Å². The van der Waals surface area contributed by atoms with Crippen molar-refractivity contribution in [3.05, 3.63) is 29.8 Å². The van der Waals surface area contributed by atoms with Crippen LogP contribution in [0.25, 0.3) is 0 Å². The zero-order valence-electron chi connectivity index (χ0n) is 12.4. The van der Waals surface area contributed by atoms with E-state index in [9.17, 15) is 5.11 Å². The number of rotatable bonds is 9. The largest absolute Gasteiger partial charge is 0.396 e. The van der Waals surface area contributed by atoms with Crippen LogP contribution in [-0.4, -0.2) is 32.0 Å². The Hall–Kier alpha value is -1.06. The van der Waals surface area contributed by atoms with Crippen molar-refractivity contribution in [1.29, 1.82) is 0 Å². The fourth-order valence-electron chi connectivity index (χ4n) is 2.19. The smallest absolute Gasteiger partial charge is 0.0504 e. The summed E-state index contributed by atoms with van der Waals surface area (Å²) in [6.45, 7) is 6.04. The van der Waals surface area contributed by atoms with Crippen LogP contribution < -0.4 is 5.32 Å².